The second-order valence-electron chi connectivity index (χ2n) is 8.70. The van der Waals surface area contributed by atoms with E-state index in [1.165, 1.54) is 0 Å². The molecule has 0 aromatic carbocycles. The minimum Gasteiger partial charge on any atom is -0.481 e. The van der Waals surface area contributed by atoms with Gasteiger partial charge in [0.05, 0.1) is 38.1 Å². The second-order valence-corrected chi connectivity index (χ2v) is 8.70. The highest BCUT2D eigenvalue weighted by Gasteiger charge is 2.34. The van der Waals surface area contributed by atoms with E-state index in [0.29, 0.717) is 0 Å². The Balaban J connectivity index is 0. The van der Waals surface area contributed by atoms with Crippen LogP contribution in [-0.4, -0.2) is 131 Å². The van der Waals surface area contributed by atoms with Crippen LogP contribution in [0.15, 0.2) is 0 Å². The number of amides is 4. The summed E-state index contributed by atoms with van der Waals surface area (Å²) in [6.45, 7) is 1.08. The van der Waals surface area contributed by atoms with E-state index >= 15 is 0 Å². The summed E-state index contributed by atoms with van der Waals surface area (Å²) >= 11 is 0. The molecular formula is C22H31N5O18. The summed E-state index contributed by atoms with van der Waals surface area (Å²) in [5.74, 6) is -16.8. The maximum atomic E-state index is 12.7. The van der Waals surface area contributed by atoms with E-state index in [2.05, 4.69) is 0 Å². The van der Waals surface area contributed by atoms with E-state index in [4.69, 9.17) is 46.3 Å². The van der Waals surface area contributed by atoms with Crippen LogP contribution in [0.25, 0.3) is 0 Å². The van der Waals surface area contributed by atoms with Crippen molar-refractivity contribution in [1.82, 2.24) is 21.3 Å². The Morgan fingerprint density at radius 3 is 0.911 bits per heavy atom. The zero-order valence-corrected chi connectivity index (χ0v) is 23.1. The van der Waals surface area contributed by atoms with Crippen molar-refractivity contribution in [2.75, 3.05) is 0 Å². The van der Waals surface area contributed by atoms with Crippen molar-refractivity contribution >= 4 is 65.4 Å². The third kappa shape index (κ3) is 19.8. The van der Waals surface area contributed by atoms with Gasteiger partial charge in [-0.1, -0.05) is 0 Å². The Bertz CT molecular complexity index is 1180. The number of nitrogens with two attached hydrogens (primary N) is 1. The van der Waals surface area contributed by atoms with Gasteiger partial charge < -0.3 is 62.7 Å². The summed E-state index contributed by atoms with van der Waals surface area (Å²) < 4.78 is 0. The fourth-order valence-electron chi connectivity index (χ4n) is 2.90. The lowest BCUT2D eigenvalue weighted by atomic mass is 10.1. The molecule has 0 saturated carbocycles. The standard InChI is InChI=1S/C20H27N5O16.C2H4O2/c21-6(1-11(26)27)16(36)22-7(2-12(28)29)17(37)23-8(3-13(30)31)18(38)24-9(4-14(32)33)19(39)25-10(20(40)41)5-15(34)35;1-2(3)4/h6-10H,1-5,21H2,(H,22,36)(H,23,37)(H,24,38)(H,25,39)(H,26,27)(H,28,29)(H,30,31)(H,32,33)(H,34,35)(H,40,41);1H3,(H,3,4). The number of rotatable bonds is 19. The number of carbonyl (C=O) groups is 11. The molecule has 0 fully saturated rings. The van der Waals surface area contributed by atoms with Crippen molar-refractivity contribution in [3.63, 3.8) is 0 Å². The zero-order chi connectivity index (χ0) is 35.6. The van der Waals surface area contributed by atoms with Crippen LogP contribution in [0.1, 0.15) is 39.0 Å². The van der Waals surface area contributed by atoms with Gasteiger partial charge in [0.1, 0.15) is 24.2 Å². The van der Waals surface area contributed by atoms with E-state index in [0.717, 1.165) is 6.92 Å². The Hall–Kier alpha value is -5.87. The SMILES string of the molecule is CC(=O)O.NC(CC(=O)O)C(=O)NC(CC(=O)O)C(=O)NC(CC(=O)O)C(=O)NC(CC(=O)O)C(=O)NC(CC(=O)O)C(=O)O. The average Bonchev–Trinajstić information content (AvgIpc) is 2.84. The molecule has 0 aliphatic carbocycles. The number of nitrogens with one attached hydrogen (secondary N) is 4. The molecule has 0 rings (SSSR count). The molecule has 0 spiro atoms. The summed E-state index contributed by atoms with van der Waals surface area (Å²) in [5.41, 5.74) is 5.35. The van der Waals surface area contributed by atoms with Gasteiger partial charge in [0, 0.05) is 6.92 Å². The van der Waals surface area contributed by atoms with Gasteiger partial charge in [0.15, 0.2) is 0 Å². The van der Waals surface area contributed by atoms with E-state index in [-0.39, 0.29) is 0 Å². The van der Waals surface area contributed by atoms with Crippen LogP contribution in [0, 0.1) is 0 Å². The van der Waals surface area contributed by atoms with Gasteiger partial charge >= 0.3 is 35.8 Å². The van der Waals surface area contributed by atoms with Gasteiger partial charge in [-0.2, -0.15) is 0 Å². The molecular weight excluding hydrogens is 622 g/mol. The number of carbonyl (C=O) groups excluding carboxylic acids is 4. The first kappa shape index (κ1) is 41.3. The van der Waals surface area contributed by atoms with E-state index < -0.39 is 128 Å². The molecule has 23 heteroatoms. The van der Waals surface area contributed by atoms with Crippen LogP contribution < -0.4 is 27.0 Å². The molecule has 5 unspecified atom stereocenters. The zero-order valence-electron chi connectivity index (χ0n) is 23.1. The van der Waals surface area contributed by atoms with Gasteiger partial charge in [-0.25, -0.2) is 4.79 Å². The minimum atomic E-state index is -2.14. The number of carboxylic acids is 7. The molecule has 0 heterocycles. The fourth-order valence-corrected chi connectivity index (χ4v) is 2.90. The summed E-state index contributed by atoms with van der Waals surface area (Å²) in [5, 5.41) is 68.3. The summed E-state index contributed by atoms with van der Waals surface area (Å²) in [6, 6.07) is -10.1. The van der Waals surface area contributed by atoms with Crippen LogP contribution in [0.4, 0.5) is 0 Å². The molecule has 4 amide bonds. The average molecular weight is 654 g/mol. The lowest BCUT2D eigenvalue weighted by Gasteiger charge is -2.24. The highest BCUT2D eigenvalue weighted by Crippen LogP contribution is 2.04. The Labute approximate surface area is 250 Å². The Morgan fingerprint density at radius 2 is 0.667 bits per heavy atom. The predicted molar refractivity (Wildman–Crippen MR) is 138 cm³/mol. The van der Waals surface area contributed by atoms with E-state index in [1.54, 1.807) is 16.0 Å². The summed E-state index contributed by atoms with van der Waals surface area (Å²) in [4.78, 5) is 125. The molecule has 0 aliphatic rings. The fraction of sp³-hybridized carbons (Fsp3) is 0.500. The minimum absolute atomic E-state index is 0.833. The first-order valence-electron chi connectivity index (χ1n) is 12.1. The van der Waals surface area contributed by atoms with Crippen LogP contribution in [0.5, 0.6) is 0 Å². The number of hydrogen-bond donors (Lipinski definition) is 12. The Kier molecular flexibility index (Phi) is 18.4. The molecule has 45 heavy (non-hydrogen) atoms. The topological polar surface area (TPSA) is 404 Å². The maximum absolute atomic E-state index is 12.7. The number of carboxylic acid groups (broad SMARTS) is 7. The molecule has 0 aromatic rings. The van der Waals surface area contributed by atoms with E-state index in [9.17, 15) is 47.9 Å². The largest absolute Gasteiger partial charge is 0.481 e. The van der Waals surface area contributed by atoms with Crippen molar-refractivity contribution in [2.24, 2.45) is 5.73 Å². The lowest BCUT2D eigenvalue weighted by molar-refractivity contribution is -0.148. The molecule has 0 bridgehead atoms. The predicted octanol–water partition coefficient (Wildman–Crippen LogP) is -5.20. The van der Waals surface area contributed by atoms with Gasteiger partial charge in [0.2, 0.25) is 23.6 Å². The molecule has 0 aliphatic heterocycles. The quantitative estimate of drug-likeness (QED) is 0.0619. The summed E-state index contributed by atoms with van der Waals surface area (Å²) in [6.07, 6.45) is -5.66. The van der Waals surface area contributed by atoms with Gasteiger partial charge in [0.25, 0.3) is 5.97 Å². The van der Waals surface area contributed by atoms with Gasteiger partial charge in [-0.05, 0) is 0 Å². The second kappa shape index (κ2) is 20.1. The molecule has 23 nitrogen and oxygen atoms in total. The highest BCUT2D eigenvalue weighted by molar-refractivity contribution is 5.99. The van der Waals surface area contributed by atoms with E-state index in [1.807, 2.05) is 5.32 Å². The van der Waals surface area contributed by atoms with Crippen molar-refractivity contribution in [3.8, 4) is 0 Å². The first-order chi connectivity index (χ1) is 20.6. The molecule has 0 radical (unpaired) electrons. The van der Waals surface area contributed by atoms with Crippen molar-refractivity contribution in [2.45, 2.75) is 69.2 Å². The van der Waals surface area contributed by atoms with Crippen molar-refractivity contribution in [1.29, 1.82) is 0 Å². The normalized spacial score (nSPS) is 13.4. The van der Waals surface area contributed by atoms with Crippen molar-refractivity contribution in [3.05, 3.63) is 0 Å². The van der Waals surface area contributed by atoms with Crippen LogP contribution >= 0.6 is 0 Å². The van der Waals surface area contributed by atoms with Crippen LogP contribution in [-0.2, 0) is 52.7 Å². The lowest BCUT2D eigenvalue weighted by Crippen LogP contribution is -2.59. The van der Waals surface area contributed by atoms with Crippen molar-refractivity contribution < 1.29 is 88.5 Å². The molecule has 5 atom stereocenters. The van der Waals surface area contributed by atoms with Gasteiger partial charge in [-0.3, -0.25) is 47.9 Å². The molecule has 252 valence electrons. The third-order valence-electron chi connectivity index (χ3n) is 4.76. The number of hydrogen-bond acceptors (Lipinski definition) is 12. The van der Waals surface area contributed by atoms with Crippen LogP contribution in [0.2, 0.25) is 0 Å². The molecule has 0 saturated heterocycles. The first-order valence-corrected chi connectivity index (χ1v) is 12.1. The monoisotopic (exact) mass is 653 g/mol. The summed E-state index contributed by atoms with van der Waals surface area (Å²) in [7, 11) is 0. The third-order valence-corrected chi connectivity index (χ3v) is 4.76. The van der Waals surface area contributed by atoms with Crippen LogP contribution in [0.3, 0.4) is 0 Å². The number of aliphatic carboxylic acids is 7. The molecule has 0 aromatic heterocycles. The maximum Gasteiger partial charge on any atom is 0.326 e. The van der Waals surface area contributed by atoms with Gasteiger partial charge in [-0.15, -0.1) is 0 Å². The smallest absolute Gasteiger partial charge is 0.326 e. The highest BCUT2D eigenvalue weighted by atomic mass is 16.4. The Morgan fingerprint density at radius 1 is 0.444 bits per heavy atom. The molecule has 13 N–H and O–H groups in total.